The zero-order chi connectivity index (χ0) is 14.4. The molecule has 0 saturated carbocycles. The SMILES string of the molecule is CCC(=O)N1CCCN(C(=O)C(N)CC(C)C)CC1. The molecule has 2 N–H and O–H groups in total. The molecule has 1 unspecified atom stereocenters. The Kier molecular flexibility index (Phi) is 6.28. The van der Waals surface area contributed by atoms with Gasteiger partial charge in [0.25, 0.3) is 0 Å². The van der Waals surface area contributed by atoms with Gasteiger partial charge in [-0.3, -0.25) is 9.59 Å². The Hall–Kier alpha value is -1.10. The van der Waals surface area contributed by atoms with E-state index in [2.05, 4.69) is 13.8 Å². The molecule has 1 rings (SSSR count). The Labute approximate surface area is 116 Å². The summed E-state index contributed by atoms with van der Waals surface area (Å²) in [6.45, 7) is 8.69. The molecule has 0 radical (unpaired) electrons. The standard InChI is InChI=1S/C14H27N3O2/c1-4-13(18)16-6-5-7-17(9-8-16)14(19)12(15)10-11(2)3/h11-12H,4-10,15H2,1-3H3. The van der Waals surface area contributed by atoms with Crippen molar-refractivity contribution in [3.8, 4) is 0 Å². The first-order valence-electron chi connectivity index (χ1n) is 7.27. The molecule has 1 heterocycles. The van der Waals surface area contributed by atoms with Gasteiger partial charge in [-0.25, -0.2) is 0 Å². The maximum absolute atomic E-state index is 12.2. The lowest BCUT2D eigenvalue weighted by Gasteiger charge is -2.25. The second-order valence-corrected chi connectivity index (χ2v) is 5.65. The van der Waals surface area contributed by atoms with Crippen molar-refractivity contribution in [2.75, 3.05) is 26.2 Å². The van der Waals surface area contributed by atoms with Crippen LogP contribution in [0.3, 0.4) is 0 Å². The van der Waals surface area contributed by atoms with Gasteiger partial charge in [0.05, 0.1) is 6.04 Å². The molecule has 0 aromatic carbocycles. The summed E-state index contributed by atoms with van der Waals surface area (Å²) in [6, 6.07) is -0.409. The van der Waals surface area contributed by atoms with E-state index in [0.29, 0.717) is 38.4 Å². The van der Waals surface area contributed by atoms with Crippen LogP contribution in [0.15, 0.2) is 0 Å². The van der Waals surface area contributed by atoms with E-state index >= 15 is 0 Å². The molecule has 1 fully saturated rings. The maximum Gasteiger partial charge on any atom is 0.239 e. The molecule has 0 aliphatic carbocycles. The van der Waals surface area contributed by atoms with Crippen LogP contribution in [0, 0.1) is 5.92 Å². The van der Waals surface area contributed by atoms with Crippen molar-refractivity contribution >= 4 is 11.8 Å². The second kappa shape index (κ2) is 7.48. The Balaban J connectivity index is 2.52. The predicted octanol–water partition coefficient (Wildman–Crippen LogP) is 0.831. The third-order valence-electron chi connectivity index (χ3n) is 3.51. The number of amides is 2. The van der Waals surface area contributed by atoms with E-state index in [9.17, 15) is 9.59 Å². The van der Waals surface area contributed by atoms with E-state index in [4.69, 9.17) is 5.73 Å². The summed E-state index contributed by atoms with van der Waals surface area (Å²) in [5, 5.41) is 0. The van der Waals surface area contributed by atoms with Crippen LogP contribution in [0.2, 0.25) is 0 Å². The summed E-state index contributed by atoms with van der Waals surface area (Å²) in [7, 11) is 0. The summed E-state index contributed by atoms with van der Waals surface area (Å²) < 4.78 is 0. The molecule has 1 atom stereocenters. The van der Waals surface area contributed by atoms with E-state index in [1.807, 2.05) is 16.7 Å². The van der Waals surface area contributed by atoms with E-state index in [0.717, 1.165) is 13.0 Å². The number of nitrogens with two attached hydrogens (primary N) is 1. The molecule has 1 saturated heterocycles. The highest BCUT2D eigenvalue weighted by atomic mass is 16.2. The average molecular weight is 269 g/mol. The fourth-order valence-corrected chi connectivity index (χ4v) is 2.45. The molecule has 5 nitrogen and oxygen atoms in total. The third-order valence-corrected chi connectivity index (χ3v) is 3.51. The molecule has 1 aliphatic heterocycles. The highest BCUT2D eigenvalue weighted by Gasteiger charge is 2.25. The van der Waals surface area contributed by atoms with Gasteiger partial charge in [0.2, 0.25) is 11.8 Å². The van der Waals surface area contributed by atoms with Crippen LogP contribution in [-0.4, -0.2) is 53.8 Å². The second-order valence-electron chi connectivity index (χ2n) is 5.65. The van der Waals surface area contributed by atoms with Crippen molar-refractivity contribution in [2.45, 2.75) is 46.1 Å². The first kappa shape index (κ1) is 16.0. The quantitative estimate of drug-likeness (QED) is 0.822. The predicted molar refractivity (Wildman–Crippen MR) is 75.5 cm³/mol. The number of carbonyl (C=O) groups excluding carboxylic acids is 2. The van der Waals surface area contributed by atoms with Gasteiger partial charge in [0.15, 0.2) is 0 Å². The average Bonchev–Trinajstić information content (AvgIpc) is 2.61. The highest BCUT2D eigenvalue weighted by Crippen LogP contribution is 2.09. The molecule has 0 aromatic heterocycles. The third kappa shape index (κ3) is 4.82. The topological polar surface area (TPSA) is 66.6 Å². The summed E-state index contributed by atoms with van der Waals surface area (Å²) in [5.41, 5.74) is 5.95. The maximum atomic E-state index is 12.2. The van der Waals surface area contributed by atoms with E-state index in [-0.39, 0.29) is 11.8 Å². The molecule has 19 heavy (non-hydrogen) atoms. The van der Waals surface area contributed by atoms with Crippen LogP contribution in [0.25, 0.3) is 0 Å². The van der Waals surface area contributed by atoms with Crippen molar-refractivity contribution in [1.82, 2.24) is 9.80 Å². The van der Waals surface area contributed by atoms with Gasteiger partial charge in [0.1, 0.15) is 0 Å². The normalized spacial score (nSPS) is 18.4. The van der Waals surface area contributed by atoms with Crippen molar-refractivity contribution in [1.29, 1.82) is 0 Å². The summed E-state index contributed by atoms with van der Waals surface area (Å²) in [5.74, 6) is 0.615. The fourth-order valence-electron chi connectivity index (χ4n) is 2.45. The van der Waals surface area contributed by atoms with Gasteiger partial charge in [-0.1, -0.05) is 20.8 Å². The Morgan fingerprint density at radius 2 is 1.68 bits per heavy atom. The first-order valence-corrected chi connectivity index (χ1v) is 7.27. The highest BCUT2D eigenvalue weighted by molar-refractivity contribution is 5.82. The fraction of sp³-hybridized carbons (Fsp3) is 0.857. The number of rotatable bonds is 4. The van der Waals surface area contributed by atoms with Crippen LogP contribution in [0.4, 0.5) is 0 Å². The Morgan fingerprint density at radius 3 is 2.26 bits per heavy atom. The smallest absolute Gasteiger partial charge is 0.239 e. The zero-order valence-electron chi connectivity index (χ0n) is 12.4. The Morgan fingerprint density at radius 1 is 1.11 bits per heavy atom. The largest absolute Gasteiger partial charge is 0.341 e. The van der Waals surface area contributed by atoms with Crippen LogP contribution in [0.5, 0.6) is 0 Å². The van der Waals surface area contributed by atoms with Crippen LogP contribution in [-0.2, 0) is 9.59 Å². The van der Waals surface area contributed by atoms with Crippen molar-refractivity contribution in [3.05, 3.63) is 0 Å². The number of hydrogen-bond acceptors (Lipinski definition) is 3. The van der Waals surface area contributed by atoms with Gasteiger partial charge in [-0.15, -0.1) is 0 Å². The number of nitrogens with zero attached hydrogens (tertiary/aromatic N) is 2. The lowest BCUT2D eigenvalue weighted by atomic mass is 10.0. The minimum Gasteiger partial charge on any atom is -0.341 e. The molecule has 5 heteroatoms. The van der Waals surface area contributed by atoms with Gasteiger partial charge in [-0.2, -0.15) is 0 Å². The lowest BCUT2D eigenvalue weighted by molar-refractivity contribution is -0.134. The first-order chi connectivity index (χ1) is 8.95. The monoisotopic (exact) mass is 269 g/mol. The molecule has 0 spiro atoms. The lowest BCUT2D eigenvalue weighted by Crippen LogP contribution is -2.46. The minimum absolute atomic E-state index is 0.0273. The minimum atomic E-state index is -0.409. The molecular weight excluding hydrogens is 242 g/mol. The van der Waals surface area contributed by atoms with Crippen LogP contribution >= 0.6 is 0 Å². The van der Waals surface area contributed by atoms with E-state index in [1.165, 1.54) is 0 Å². The molecule has 0 aromatic rings. The Bertz CT molecular complexity index is 318. The molecule has 2 amide bonds. The van der Waals surface area contributed by atoms with Crippen LogP contribution in [0.1, 0.15) is 40.0 Å². The summed E-state index contributed by atoms with van der Waals surface area (Å²) >= 11 is 0. The molecular formula is C14H27N3O2. The number of hydrogen-bond donors (Lipinski definition) is 1. The van der Waals surface area contributed by atoms with Gasteiger partial charge in [-0.05, 0) is 18.8 Å². The van der Waals surface area contributed by atoms with E-state index in [1.54, 1.807) is 0 Å². The number of carbonyl (C=O) groups is 2. The van der Waals surface area contributed by atoms with Gasteiger partial charge >= 0.3 is 0 Å². The van der Waals surface area contributed by atoms with Gasteiger partial charge in [0, 0.05) is 32.6 Å². The summed E-state index contributed by atoms with van der Waals surface area (Å²) in [4.78, 5) is 27.6. The van der Waals surface area contributed by atoms with Crippen molar-refractivity contribution in [3.63, 3.8) is 0 Å². The molecule has 0 bridgehead atoms. The van der Waals surface area contributed by atoms with Crippen LogP contribution < -0.4 is 5.73 Å². The van der Waals surface area contributed by atoms with Crippen molar-refractivity contribution in [2.24, 2.45) is 11.7 Å². The zero-order valence-corrected chi connectivity index (χ0v) is 12.4. The summed E-state index contributed by atoms with van der Waals surface area (Å²) in [6.07, 6.45) is 2.08. The molecule has 110 valence electrons. The molecule has 1 aliphatic rings. The van der Waals surface area contributed by atoms with Gasteiger partial charge < -0.3 is 15.5 Å². The van der Waals surface area contributed by atoms with Crippen molar-refractivity contribution < 1.29 is 9.59 Å². The van der Waals surface area contributed by atoms with E-state index < -0.39 is 6.04 Å².